The molecule has 1 aromatic heterocycles. The molecule has 0 aliphatic heterocycles. The molecule has 0 saturated heterocycles. The maximum atomic E-state index is 12.0. The number of aromatic carboxylic acids is 1. The first-order valence-corrected chi connectivity index (χ1v) is 5.41. The van der Waals surface area contributed by atoms with E-state index in [0.29, 0.717) is 0 Å². The quantitative estimate of drug-likeness (QED) is 0.852. The van der Waals surface area contributed by atoms with E-state index in [1.54, 1.807) is 5.32 Å². The van der Waals surface area contributed by atoms with Crippen LogP contribution in [0.4, 0.5) is 13.2 Å². The lowest BCUT2D eigenvalue weighted by Gasteiger charge is -2.15. The van der Waals surface area contributed by atoms with Gasteiger partial charge in [-0.25, -0.2) is 9.78 Å². The summed E-state index contributed by atoms with van der Waals surface area (Å²) in [6.07, 6.45) is -4.96. The van der Waals surface area contributed by atoms with Crippen molar-refractivity contribution in [3.8, 4) is 5.88 Å². The maximum absolute atomic E-state index is 12.0. The van der Waals surface area contributed by atoms with Crippen LogP contribution in [0, 0.1) is 0 Å². The summed E-state index contributed by atoms with van der Waals surface area (Å²) in [5, 5.41) is 10.4. The molecule has 0 radical (unpaired) electrons. The zero-order chi connectivity index (χ0) is 15.3. The van der Waals surface area contributed by atoms with E-state index in [0.717, 1.165) is 0 Å². The Morgan fingerprint density at radius 2 is 2.10 bits per heavy atom. The molecule has 0 fully saturated rings. The van der Waals surface area contributed by atoms with Gasteiger partial charge in [0.25, 0.3) is 0 Å². The van der Waals surface area contributed by atoms with Crippen molar-refractivity contribution in [2.45, 2.75) is 19.1 Å². The van der Waals surface area contributed by atoms with Crippen molar-refractivity contribution < 1.29 is 32.6 Å². The molecular formula is C11H11F3N2O4. The molecule has 1 atom stereocenters. The Bertz CT molecular complexity index is 505. The molecule has 0 aliphatic carbocycles. The summed E-state index contributed by atoms with van der Waals surface area (Å²) in [5.41, 5.74) is -0.255. The summed E-state index contributed by atoms with van der Waals surface area (Å²) in [5.74, 6) is -3.38. The number of carbonyl (C=O) groups is 2. The average molecular weight is 292 g/mol. The van der Waals surface area contributed by atoms with Gasteiger partial charge in [-0.3, -0.25) is 4.79 Å². The van der Waals surface area contributed by atoms with Gasteiger partial charge in [0.1, 0.15) is 6.61 Å². The molecule has 9 heteroatoms. The Kier molecular flexibility index (Phi) is 4.89. The van der Waals surface area contributed by atoms with Crippen LogP contribution in [-0.2, 0) is 4.79 Å². The number of carbonyl (C=O) groups excluding carboxylic acids is 1. The van der Waals surface area contributed by atoms with E-state index in [-0.39, 0.29) is 18.2 Å². The molecule has 0 saturated carbocycles. The number of alkyl halides is 3. The number of aromatic nitrogens is 1. The van der Waals surface area contributed by atoms with E-state index >= 15 is 0 Å². The number of hydrogen-bond acceptors (Lipinski definition) is 4. The van der Waals surface area contributed by atoms with Crippen LogP contribution in [0.2, 0.25) is 0 Å². The number of carboxylic acids is 1. The predicted molar refractivity (Wildman–Crippen MR) is 60.4 cm³/mol. The lowest BCUT2D eigenvalue weighted by molar-refractivity contribution is -0.174. The number of amides is 1. The van der Waals surface area contributed by atoms with Gasteiger partial charge in [-0.05, 0) is 13.0 Å². The molecule has 6 nitrogen and oxygen atoms in total. The molecule has 1 heterocycles. The van der Waals surface area contributed by atoms with Crippen molar-refractivity contribution in [2.75, 3.05) is 6.61 Å². The van der Waals surface area contributed by atoms with Crippen molar-refractivity contribution in [1.82, 2.24) is 10.3 Å². The Morgan fingerprint density at radius 3 is 2.65 bits per heavy atom. The predicted octanol–water partition coefficient (Wildman–Crippen LogP) is 1.23. The highest BCUT2D eigenvalue weighted by atomic mass is 19.4. The highest BCUT2D eigenvalue weighted by Crippen LogP contribution is 2.14. The van der Waals surface area contributed by atoms with E-state index in [1.165, 1.54) is 25.1 Å². The van der Waals surface area contributed by atoms with Crippen LogP contribution in [0.5, 0.6) is 5.88 Å². The van der Waals surface area contributed by atoms with Gasteiger partial charge in [0.05, 0.1) is 6.04 Å². The van der Waals surface area contributed by atoms with E-state index in [9.17, 15) is 22.8 Å². The summed E-state index contributed by atoms with van der Waals surface area (Å²) in [7, 11) is 0. The van der Waals surface area contributed by atoms with Gasteiger partial charge in [0.2, 0.25) is 5.88 Å². The molecule has 2 N–H and O–H groups in total. The van der Waals surface area contributed by atoms with E-state index in [1.807, 2.05) is 0 Å². The number of hydrogen-bond donors (Lipinski definition) is 2. The number of halogens is 3. The van der Waals surface area contributed by atoms with Gasteiger partial charge >= 0.3 is 18.1 Å². The second-order valence-electron chi connectivity index (χ2n) is 3.85. The fourth-order valence-electron chi connectivity index (χ4n) is 1.17. The molecule has 0 spiro atoms. The maximum Gasteiger partial charge on any atom is 0.471 e. The molecule has 1 aromatic rings. The summed E-state index contributed by atoms with van der Waals surface area (Å²) >= 11 is 0. The SMILES string of the molecule is CC(COc1cccc(C(=O)O)n1)NC(=O)C(F)(F)F. The smallest absolute Gasteiger partial charge is 0.471 e. The number of nitrogens with one attached hydrogen (secondary N) is 1. The van der Waals surface area contributed by atoms with Crippen molar-refractivity contribution in [1.29, 1.82) is 0 Å². The van der Waals surface area contributed by atoms with Gasteiger partial charge in [-0.1, -0.05) is 6.07 Å². The average Bonchev–Trinajstić information content (AvgIpc) is 2.35. The second kappa shape index (κ2) is 6.22. The van der Waals surface area contributed by atoms with Gasteiger partial charge < -0.3 is 15.2 Å². The van der Waals surface area contributed by atoms with Gasteiger partial charge in [-0.15, -0.1) is 0 Å². The zero-order valence-electron chi connectivity index (χ0n) is 10.3. The number of pyridine rings is 1. The first kappa shape index (κ1) is 15.7. The normalized spacial score (nSPS) is 12.6. The third kappa shape index (κ3) is 4.75. The van der Waals surface area contributed by atoms with Gasteiger partial charge in [-0.2, -0.15) is 13.2 Å². The standard InChI is InChI=1S/C11H11F3N2O4/c1-6(15-10(19)11(12,13)14)5-20-8-4-2-3-7(16-8)9(17)18/h2-4,6H,5H2,1H3,(H,15,19)(H,17,18). The Balaban J connectivity index is 2.53. The highest BCUT2D eigenvalue weighted by Gasteiger charge is 2.39. The fourth-order valence-corrected chi connectivity index (χ4v) is 1.17. The molecule has 110 valence electrons. The summed E-state index contributed by atoms with van der Waals surface area (Å²) < 4.78 is 41.0. The summed E-state index contributed by atoms with van der Waals surface area (Å²) in [6.45, 7) is 1.03. The van der Waals surface area contributed by atoms with E-state index < -0.39 is 24.1 Å². The topological polar surface area (TPSA) is 88.5 Å². The molecule has 1 unspecified atom stereocenters. The van der Waals surface area contributed by atoms with Crippen molar-refractivity contribution in [3.63, 3.8) is 0 Å². The zero-order valence-corrected chi connectivity index (χ0v) is 10.3. The summed E-state index contributed by atoms with van der Waals surface area (Å²) in [4.78, 5) is 24.9. The second-order valence-corrected chi connectivity index (χ2v) is 3.85. The van der Waals surface area contributed by atoms with Crippen LogP contribution < -0.4 is 10.1 Å². The number of rotatable bonds is 5. The molecule has 1 amide bonds. The van der Waals surface area contributed by atoms with E-state index in [4.69, 9.17) is 9.84 Å². The fraction of sp³-hybridized carbons (Fsp3) is 0.364. The number of nitrogens with zero attached hydrogens (tertiary/aromatic N) is 1. The minimum atomic E-state index is -4.96. The minimum absolute atomic E-state index is 0.0574. The third-order valence-corrected chi connectivity index (χ3v) is 2.06. The van der Waals surface area contributed by atoms with Crippen molar-refractivity contribution >= 4 is 11.9 Å². The molecule has 0 bridgehead atoms. The van der Waals surface area contributed by atoms with Crippen LogP contribution in [0.25, 0.3) is 0 Å². The van der Waals surface area contributed by atoms with Crippen LogP contribution in [0.15, 0.2) is 18.2 Å². The third-order valence-electron chi connectivity index (χ3n) is 2.06. The molecular weight excluding hydrogens is 281 g/mol. The van der Waals surface area contributed by atoms with Crippen molar-refractivity contribution in [2.24, 2.45) is 0 Å². The lowest BCUT2D eigenvalue weighted by Crippen LogP contribution is -2.44. The van der Waals surface area contributed by atoms with Gasteiger partial charge in [0, 0.05) is 6.07 Å². The molecule has 1 rings (SSSR count). The largest absolute Gasteiger partial charge is 0.477 e. The summed E-state index contributed by atoms with van der Waals surface area (Å²) in [6, 6.07) is 3.05. The first-order chi connectivity index (χ1) is 9.20. The van der Waals surface area contributed by atoms with Gasteiger partial charge in [0.15, 0.2) is 5.69 Å². The van der Waals surface area contributed by atoms with Crippen molar-refractivity contribution in [3.05, 3.63) is 23.9 Å². The van der Waals surface area contributed by atoms with Crippen LogP contribution in [0.1, 0.15) is 17.4 Å². The highest BCUT2D eigenvalue weighted by molar-refractivity contribution is 5.85. The molecule has 20 heavy (non-hydrogen) atoms. The first-order valence-electron chi connectivity index (χ1n) is 5.41. The minimum Gasteiger partial charge on any atom is -0.477 e. The number of carboxylic acid groups (broad SMARTS) is 1. The monoisotopic (exact) mass is 292 g/mol. The van der Waals surface area contributed by atoms with Crippen LogP contribution in [0.3, 0.4) is 0 Å². The Morgan fingerprint density at radius 1 is 1.45 bits per heavy atom. The van der Waals surface area contributed by atoms with Crippen LogP contribution in [-0.4, -0.2) is 40.8 Å². The van der Waals surface area contributed by atoms with Crippen LogP contribution >= 0.6 is 0 Å². The molecule has 0 aromatic carbocycles. The number of ether oxygens (including phenoxy) is 1. The van der Waals surface area contributed by atoms with E-state index in [2.05, 4.69) is 4.98 Å². The lowest BCUT2D eigenvalue weighted by atomic mass is 10.3. The molecule has 0 aliphatic rings. The Labute approximate surface area is 111 Å². The Hall–Kier alpha value is -2.32.